The highest BCUT2D eigenvalue weighted by molar-refractivity contribution is 5.02. The van der Waals surface area contributed by atoms with E-state index in [0.717, 1.165) is 5.92 Å². The molecule has 3 saturated carbocycles. The second-order valence-electron chi connectivity index (χ2n) is 9.55. The van der Waals surface area contributed by atoms with Crippen LogP contribution in [0.15, 0.2) is 6.08 Å². The summed E-state index contributed by atoms with van der Waals surface area (Å²) in [6, 6.07) is 0. The van der Waals surface area contributed by atoms with Gasteiger partial charge in [-0.05, 0) is 44.4 Å². The van der Waals surface area contributed by atoms with E-state index in [1.54, 1.807) is 0 Å². The first kappa shape index (κ1) is 20.4. The van der Waals surface area contributed by atoms with E-state index in [1.165, 1.54) is 122 Å². The molecule has 1 atom stereocenters. The van der Waals surface area contributed by atoms with Gasteiger partial charge in [-0.25, -0.2) is 0 Å². The van der Waals surface area contributed by atoms with Gasteiger partial charge in [0.25, 0.3) is 0 Å². The predicted molar refractivity (Wildman–Crippen MR) is 111 cm³/mol. The molecule has 26 heavy (non-hydrogen) atoms. The van der Waals surface area contributed by atoms with E-state index in [1.807, 2.05) is 6.08 Å². The topological polar surface area (TPSA) is 9.23 Å². The SMILES string of the molecule is [CH]=CC(OC1CCCCCCC1)C1(C2CCCCCCC2)CCCCC1. The van der Waals surface area contributed by atoms with Crippen LogP contribution in [0.25, 0.3) is 0 Å². The molecule has 3 fully saturated rings. The van der Waals surface area contributed by atoms with Crippen LogP contribution in [0.5, 0.6) is 0 Å². The third-order valence-electron chi connectivity index (χ3n) is 7.84. The van der Waals surface area contributed by atoms with Gasteiger partial charge < -0.3 is 4.74 Å². The Bertz CT molecular complexity index is 379. The zero-order chi connectivity index (χ0) is 18.1. The van der Waals surface area contributed by atoms with Crippen LogP contribution in [0.3, 0.4) is 0 Å². The molecule has 3 rings (SSSR count). The van der Waals surface area contributed by atoms with Gasteiger partial charge in [0, 0.05) is 5.41 Å². The number of rotatable bonds is 5. The number of hydrogen-bond acceptors (Lipinski definition) is 1. The molecule has 1 nitrogen and oxygen atoms in total. The van der Waals surface area contributed by atoms with Crippen LogP contribution >= 0.6 is 0 Å². The molecule has 0 bridgehead atoms. The maximum absolute atomic E-state index is 6.86. The van der Waals surface area contributed by atoms with E-state index in [4.69, 9.17) is 11.3 Å². The number of hydrogen-bond donors (Lipinski definition) is 0. The molecule has 0 heterocycles. The van der Waals surface area contributed by atoms with Crippen molar-refractivity contribution in [1.29, 1.82) is 0 Å². The summed E-state index contributed by atoms with van der Waals surface area (Å²) in [6.07, 6.45) is 28.9. The Morgan fingerprint density at radius 3 is 1.65 bits per heavy atom. The van der Waals surface area contributed by atoms with Gasteiger partial charge in [0.1, 0.15) is 0 Å². The molecule has 0 aromatic rings. The van der Waals surface area contributed by atoms with Crippen LogP contribution in [0.2, 0.25) is 0 Å². The van der Waals surface area contributed by atoms with Crippen LogP contribution in [0.4, 0.5) is 0 Å². The Morgan fingerprint density at radius 1 is 0.654 bits per heavy atom. The Labute approximate surface area is 163 Å². The first-order valence-electron chi connectivity index (χ1n) is 12.1. The van der Waals surface area contributed by atoms with E-state index in [9.17, 15) is 0 Å². The van der Waals surface area contributed by atoms with Crippen molar-refractivity contribution in [2.75, 3.05) is 0 Å². The Kier molecular flexibility index (Phi) is 8.56. The smallest absolute Gasteiger partial charge is 0.0821 e. The largest absolute Gasteiger partial charge is 0.370 e. The summed E-state index contributed by atoms with van der Waals surface area (Å²) >= 11 is 0. The molecule has 0 aromatic heterocycles. The van der Waals surface area contributed by atoms with Gasteiger partial charge in [-0.15, -0.1) is 0 Å². The minimum absolute atomic E-state index is 0.191. The van der Waals surface area contributed by atoms with Crippen LogP contribution in [0.1, 0.15) is 122 Å². The quantitative estimate of drug-likeness (QED) is 0.487. The molecule has 1 unspecified atom stereocenters. The van der Waals surface area contributed by atoms with Crippen molar-refractivity contribution in [3.63, 3.8) is 0 Å². The minimum Gasteiger partial charge on any atom is -0.370 e. The van der Waals surface area contributed by atoms with Crippen LogP contribution in [-0.2, 0) is 4.74 Å². The van der Waals surface area contributed by atoms with Crippen molar-refractivity contribution in [2.24, 2.45) is 11.3 Å². The summed E-state index contributed by atoms with van der Waals surface area (Å²) in [5, 5.41) is 0. The average Bonchev–Trinajstić information content (AvgIpc) is 2.61. The molecule has 0 spiro atoms. The van der Waals surface area contributed by atoms with E-state index in [0.29, 0.717) is 11.5 Å². The van der Waals surface area contributed by atoms with Gasteiger partial charge in [-0.2, -0.15) is 0 Å². The summed E-state index contributed by atoms with van der Waals surface area (Å²) in [6.45, 7) is 6.30. The van der Waals surface area contributed by atoms with Gasteiger partial charge in [0.2, 0.25) is 0 Å². The van der Waals surface area contributed by atoms with Crippen LogP contribution in [-0.4, -0.2) is 12.2 Å². The van der Waals surface area contributed by atoms with E-state index in [-0.39, 0.29) is 6.10 Å². The van der Waals surface area contributed by atoms with Gasteiger partial charge in [0.05, 0.1) is 12.2 Å². The second kappa shape index (κ2) is 10.9. The van der Waals surface area contributed by atoms with E-state index >= 15 is 0 Å². The third kappa shape index (κ3) is 5.37. The standard InChI is InChI=1S/C25H43O/c1-2-24(26-23-18-12-7-4-8-13-19-23)25(20-14-9-15-21-25)22-16-10-5-3-6-11-17-22/h1-2,22-24H,3-21H2. The maximum atomic E-state index is 6.86. The minimum atomic E-state index is 0.191. The molecule has 1 heteroatoms. The molecule has 0 saturated heterocycles. The fourth-order valence-corrected chi connectivity index (χ4v) is 6.30. The Morgan fingerprint density at radius 2 is 1.12 bits per heavy atom. The Balaban J connectivity index is 1.73. The highest BCUT2D eigenvalue weighted by Crippen LogP contribution is 2.51. The highest BCUT2D eigenvalue weighted by Gasteiger charge is 2.45. The lowest BCUT2D eigenvalue weighted by Gasteiger charge is -2.49. The summed E-state index contributed by atoms with van der Waals surface area (Å²) < 4.78 is 6.86. The summed E-state index contributed by atoms with van der Waals surface area (Å²) in [5.74, 6) is 0.835. The molecule has 0 aliphatic heterocycles. The van der Waals surface area contributed by atoms with E-state index < -0.39 is 0 Å². The highest BCUT2D eigenvalue weighted by atomic mass is 16.5. The Hall–Kier alpha value is -0.300. The molecule has 0 aromatic carbocycles. The molecular formula is C25H43O. The van der Waals surface area contributed by atoms with E-state index in [2.05, 4.69) is 0 Å². The zero-order valence-electron chi connectivity index (χ0n) is 17.2. The molecule has 3 aliphatic rings. The van der Waals surface area contributed by atoms with Crippen molar-refractivity contribution < 1.29 is 4.74 Å². The van der Waals surface area contributed by atoms with Crippen molar-refractivity contribution >= 4 is 0 Å². The summed E-state index contributed by atoms with van der Waals surface area (Å²) in [4.78, 5) is 0. The molecule has 1 radical (unpaired) electrons. The lowest BCUT2D eigenvalue weighted by atomic mass is 9.59. The molecule has 0 amide bonds. The van der Waals surface area contributed by atoms with Crippen molar-refractivity contribution in [3.05, 3.63) is 12.7 Å². The van der Waals surface area contributed by atoms with Crippen LogP contribution < -0.4 is 0 Å². The molecule has 0 N–H and O–H groups in total. The second-order valence-corrected chi connectivity index (χ2v) is 9.55. The lowest BCUT2D eigenvalue weighted by Crippen LogP contribution is -2.45. The van der Waals surface area contributed by atoms with Crippen LogP contribution in [0, 0.1) is 17.9 Å². The lowest BCUT2D eigenvalue weighted by molar-refractivity contribution is -0.107. The van der Waals surface area contributed by atoms with Gasteiger partial charge in [-0.1, -0.05) is 96.1 Å². The summed E-state index contributed by atoms with van der Waals surface area (Å²) in [5.41, 5.74) is 0.340. The first-order chi connectivity index (χ1) is 12.8. The third-order valence-corrected chi connectivity index (χ3v) is 7.84. The van der Waals surface area contributed by atoms with Gasteiger partial charge >= 0.3 is 0 Å². The molecule has 3 aliphatic carbocycles. The summed E-state index contributed by atoms with van der Waals surface area (Å²) in [7, 11) is 0. The molecule has 149 valence electrons. The number of ether oxygens (including phenoxy) is 1. The van der Waals surface area contributed by atoms with Gasteiger partial charge in [0.15, 0.2) is 0 Å². The maximum Gasteiger partial charge on any atom is 0.0821 e. The monoisotopic (exact) mass is 359 g/mol. The van der Waals surface area contributed by atoms with Crippen molar-refractivity contribution in [3.8, 4) is 0 Å². The van der Waals surface area contributed by atoms with Crippen molar-refractivity contribution in [2.45, 2.75) is 134 Å². The first-order valence-corrected chi connectivity index (χ1v) is 12.1. The van der Waals surface area contributed by atoms with Gasteiger partial charge in [-0.3, -0.25) is 0 Å². The average molecular weight is 360 g/mol. The zero-order valence-corrected chi connectivity index (χ0v) is 17.2. The predicted octanol–water partition coefficient (Wildman–Crippen LogP) is 7.78. The van der Waals surface area contributed by atoms with Crippen molar-refractivity contribution in [1.82, 2.24) is 0 Å². The normalized spacial score (nSPS) is 28.3. The fourth-order valence-electron chi connectivity index (χ4n) is 6.30. The fraction of sp³-hybridized carbons (Fsp3) is 0.920. The molecular weight excluding hydrogens is 316 g/mol.